The lowest BCUT2D eigenvalue weighted by atomic mass is 9.63. The van der Waals surface area contributed by atoms with E-state index < -0.39 is 12.2 Å². The highest BCUT2D eigenvalue weighted by Gasteiger charge is 2.45. The standard InChI is InChI=1S/C27H39NO5S/c28-19-20-18-23(30)22(21(20)8-3-1-2-4-12-26(32)33-16-15-29)9-5-10-24(31)27(13-7-14-27)25-11-6-17-34-25/h5-6,9,11,17,20-24,29-31H,1-4,7-8,10,12-16,18H2/b9-5+/t20-,21-,22+,23+,24?/m0/s1. The topological polar surface area (TPSA) is 111 Å². The van der Waals surface area contributed by atoms with Crippen LogP contribution in [0.25, 0.3) is 0 Å². The molecule has 0 aliphatic heterocycles. The number of aliphatic hydroxyl groups is 3. The maximum Gasteiger partial charge on any atom is 0.305 e. The zero-order valence-corrected chi connectivity index (χ0v) is 20.8. The number of nitriles is 1. The molecule has 2 aliphatic rings. The molecule has 2 aliphatic carbocycles. The maximum absolute atomic E-state index is 11.5. The molecule has 6 nitrogen and oxygen atoms in total. The van der Waals surface area contributed by atoms with Gasteiger partial charge in [-0.05, 0) is 55.9 Å². The molecule has 2 fully saturated rings. The number of nitrogens with zero attached hydrogens (tertiary/aromatic N) is 1. The summed E-state index contributed by atoms with van der Waals surface area (Å²) >= 11 is 1.72. The average molecular weight is 490 g/mol. The minimum Gasteiger partial charge on any atom is -0.463 e. The van der Waals surface area contributed by atoms with Crippen LogP contribution in [0.3, 0.4) is 0 Å². The van der Waals surface area contributed by atoms with Crippen molar-refractivity contribution in [2.75, 3.05) is 13.2 Å². The second kappa shape index (κ2) is 13.4. The van der Waals surface area contributed by atoms with Gasteiger partial charge in [-0.1, -0.05) is 43.9 Å². The summed E-state index contributed by atoms with van der Waals surface area (Å²) in [5, 5.41) is 42.0. The number of thiophene rings is 1. The number of esters is 1. The van der Waals surface area contributed by atoms with Crippen molar-refractivity contribution < 1.29 is 24.9 Å². The number of hydrogen-bond donors (Lipinski definition) is 3. The first-order chi connectivity index (χ1) is 16.5. The van der Waals surface area contributed by atoms with E-state index in [0.29, 0.717) is 19.3 Å². The summed E-state index contributed by atoms with van der Waals surface area (Å²) in [6, 6.07) is 6.57. The van der Waals surface area contributed by atoms with E-state index in [1.165, 1.54) is 4.88 Å². The van der Waals surface area contributed by atoms with Gasteiger partial charge in [0.05, 0.1) is 30.8 Å². The van der Waals surface area contributed by atoms with Gasteiger partial charge in [-0.25, -0.2) is 0 Å². The summed E-state index contributed by atoms with van der Waals surface area (Å²) in [7, 11) is 0. The summed E-state index contributed by atoms with van der Waals surface area (Å²) in [5.41, 5.74) is -0.119. The predicted molar refractivity (Wildman–Crippen MR) is 132 cm³/mol. The molecule has 1 heterocycles. The minimum atomic E-state index is -0.515. The highest BCUT2D eigenvalue weighted by Crippen LogP contribution is 2.49. The zero-order valence-electron chi connectivity index (χ0n) is 20.0. The van der Waals surface area contributed by atoms with Crippen LogP contribution in [0.15, 0.2) is 29.7 Å². The maximum atomic E-state index is 11.5. The van der Waals surface area contributed by atoms with Crippen LogP contribution in [-0.4, -0.2) is 46.7 Å². The van der Waals surface area contributed by atoms with Crippen LogP contribution in [0.4, 0.5) is 0 Å². The Labute approximate surface area is 207 Å². The number of rotatable bonds is 14. The van der Waals surface area contributed by atoms with Gasteiger partial charge in [-0.3, -0.25) is 4.79 Å². The first-order valence-corrected chi connectivity index (χ1v) is 13.6. The normalized spacial score (nSPS) is 26.8. The van der Waals surface area contributed by atoms with Crippen LogP contribution < -0.4 is 0 Å². The second-order valence-electron chi connectivity index (χ2n) is 9.84. The Balaban J connectivity index is 1.46. The number of carbonyl (C=O) groups excluding carboxylic acids is 1. The van der Waals surface area contributed by atoms with Crippen LogP contribution in [0.5, 0.6) is 0 Å². The van der Waals surface area contributed by atoms with Gasteiger partial charge in [0, 0.05) is 22.6 Å². The zero-order chi connectivity index (χ0) is 24.4. The van der Waals surface area contributed by atoms with E-state index in [1.54, 1.807) is 11.3 Å². The lowest BCUT2D eigenvalue weighted by molar-refractivity contribution is -0.144. The highest BCUT2D eigenvalue weighted by molar-refractivity contribution is 7.10. The number of unbranched alkanes of at least 4 members (excludes halogenated alkanes) is 3. The Morgan fingerprint density at radius 2 is 2.12 bits per heavy atom. The molecule has 1 unspecified atom stereocenters. The van der Waals surface area contributed by atoms with E-state index in [0.717, 1.165) is 51.4 Å². The number of aliphatic hydroxyl groups excluding tert-OH is 3. The second-order valence-corrected chi connectivity index (χ2v) is 10.8. The first-order valence-electron chi connectivity index (χ1n) is 12.7. The SMILES string of the molecule is N#C[C@@H]1C[C@@H](O)[C@H](/C=C/CC(O)C2(c3cccs3)CCC2)[C@H]1CCCCCCC(=O)OCCO. The molecule has 0 bridgehead atoms. The van der Waals surface area contributed by atoms with Gasteiger partial charge >= 0.3 is 5.97 Å². The predicted octanol–water partition coefficient (Wildman–Crippen LogP) is 4.49. The van der Waals surface area contributed by atoms with Crippen LogP contribution in [0.1, 0.15) is 75.5 Å². The third-order valence-electron chi connectivity index (χ3n) is 7.75. The van der Waals surface area contributed by atoms with E-state index in [1.807, 2.05) is 18.2 Å². The molecule has 0 radical (unpaired) electrons. The van der Waals surface area contributed by atoms with E-state index in [2.05, 4.69) is 17.5 Å². The molecular weight excluding hydrogens is 450 g/mol. The molecule has 34 heavy (non-hydrogen) atoms. The van der Waals surface area contributed by atoms with Gasteiger partial charge in [0.1, 0.15) is 6.61 Å². The van der Waals surface area contributed by atoms with Crippen molar-refractivity contribution in [2.24, 2.45) is 17.8 Å². The van der Waals surface area contributed by atoms with Crippen molar-refractivity contribution in [3.05, 3.63) is 34.5 Å². The van der Waals surface area contributed by atoms with Gasteiger partial charge in [-0.15, -0.1) is 11.3 Å². The largest absolute Gasteiger partial charge is 0.463 e. The van der Waals surface area contributed by atoms with E-state index in [9.17, 15) is 20.3 Å². The molecule has 5 atom stereocenters. The molecule has 1 aromatic heterocycles. The van der Waals surface area contributed by atoms with Crippen molar-refractivity contribution >= 4 is 17.3 Å². The van der Waals surface area contributed by atoms with Crippen molar-refractivity contribution in [1.82, 2.24) is 0 Å². The van der Waals surface area contributed by atoms with E-state index in [4.69, 9.17) is 9.84 Å². The van der Waals surface area contributed by atoms with Crippen LogP contribution in [0, 0.1) is 29.1 Å². The fourth-order valence-electron chi connectivity index (χ4n) is 5.65. The van der Waals surface area contributed by atoms with Crippen molar-refractivity contribution in [3.8, 4) is 6.07 Å². The molecule has 0 amide bonds. The molecule has 0 saturated heterocycles. The Morgan fingerprint density at radius 1 is 1.32 bits per heavy atom. The number of ether oxygens (including phenoxy) is 1. The first kappa shape index (κ1) is 26.9. The summed E-state index contributed by atoms with van der Waals surface area (Å²) < 4.78 is 4.86. The monoisotopic (exact) mass is 489 g/mol. The lowest BCUT2D eigenvalue weighted by Gasteiger charge is -2.45. The van der Waals surface area contributed by atoms with Crippen LogP contribution >= 0.6 is 11.3 Å². The number of hydrogen-bond acceptors (Lipinski definition) is 7. The molecule has 3 N–H and O–H groups in total. The number of carbonyl (C=O) groups is 1. The lowest BCUT2D eigenvalue weighted by Crippen LogP contribution is -2.44. The fourth-order valence-corrected chi connectivity index (χ4v) is 6.68. The van der Waals surface area contributed by atoms with Gasteiger partial charge in [0.15, 0.2) is 0 Å². The average Bonchev–Trinajstić information content (AvgIpc) is 3.43. The quantitative estimate of drug-likeness (QED) is 0.202. The molecule has 0 spiro atoms. The minimum absolute atomic E-state index is 0.0515. The summed E-state index contributed by atoms with van der Waals surface area (Å²) in [4.78, 5) is 12.8. The molecule has 3 rings (SSSR count). The smallest absolute Gasteiger partial charge is 0.305 e. The van der Waals surface area contributed by atoms with E-state index >= 15 is 0 Å². The van der Waals surface area contributed by atoms with Crippen LogP contribution in [0.2, 0.25) is 0 Å². The third kappa shape index (κ3) is 6.69. The van der Waals surface area contributed by atoms with Crippen molar-refractivity contribution in [1.29, 1.82) is 5.26 Å². The van der Waals surface area contributed by atoms with Crippen LogP contribution in [-0.2, 0) is 14.9 Å². The Morgan fingerprint density at radius 3 is 2.76 bits per heavy atom. The molecule has 188 valence electrons. The highest BCUT2D eigenvalue weighted by atomic mass is 32.1. The summed E-state index contributed by atoms with van der Waals surface area (Å²) in [6.07, 6.45) is 12.2. The van der Waals surface area contributed by atoms with Gasteiger partial charge < -0.3 is 20.1 Å². The molecule has 0 aromatic carbocycles. The van der Waals surface area contributed by atoms with Gasteiger partial charge in [0.2, 0.25) is 0 Å². The molecule has 1 aromatic rings. The summed E-state index contributed by atoms with van der Waals surface area (Å²) in [6.45, 7) is -0.0948. The third-order valence-corrected chi connectivity index (χ3v) is 8.84. The van der Waals surface area contributed by atoms with Crippen molar-refractivity contribution in [2.45, 2.75) is 88.3 Å². The molecule has 2 saturated carbocycles. The Hall–Kier alpha value is -1.72. The molecule has 7 heteroatoms. The summed E-state index contributed by atoms with van der Waals surface area (Å²) in [5.74, 6) is -0.345. The van der Waals surface area contributed by atoms with Gasteiger partial charge in [0.25, 0.3) is 0 Å². The molecular formula is C27H39NO5S. The Bertz CT molecular complexity index is 813. The Kier molecular flexibility index (Phi) is 10.6. The van der Waals surface area contributed by atoms with E-state index in [-0.39, 0.29) is 42.4 Å². The fraction of sp³-hybridized carbons (Fsp3) is 0.704. The van der Waals surface area contributed by atoms with Crippen molar-refractivity contribution in [3.63, 3.8) is 0 Å². The van der Waals surface area contributed by atoms with Gasteiger partial charge in [-0.2, -0.15) is 5.26 Å².